The number of hydrogen-bond acceptors (Lipinski definition) is 4. The van der Waals surface area contributed by atoms with E-state index in [1.807, 2.05) is 0 Å². The number of benzene rings is 1. The molecule has 5 nitrogen and oxygen atoms in total. The molecule has 0 aliphatic heterocycles. The monoisotopic (exact) mass is 325 g/mol. The van der Waals surface area contributed by atoms with E-state index in [0.717, 1.165) is 6.07 Å². The Kier molecular flexibility index (Phi) is 7.06. The third-order valence-electron chi connectivity index (χ3n) is 2.96. The molecule has 0 aliphatic carbocycles. The summed E-state index contributed by atoms with van der Waals surface area (Å²) in [5.41, 5.74) is 5.32. The molecule has 1 amide bonds. The molecule has 0 bridgehead atoms. The summed E-state index contributed by atoms with van der Waals surface area (Å²) in [5.74, 6) is -3.38. The minimum Gasteiger partial charge on any atom is -0.435 e. The molecule has 0 saturated carbocycles. The van der Waals surface area contributed by atoms with Crippen LogP contribution in [0.2, 0.25) is 0 Å². The Hall–Kier alpha value is -1.87. The Morgan fingerprint density at radius 3 is 2.41 bits per heavy atom. The molecule has 0 aliphatic rings. The maximum absolute atomic E-state index is 12.2. The number of carbonyl (C=O) groups excluding carboxylic acids is 1. The number of alkyl halides is 4. The average molecular weight is 325 g/mol. The third-order valence-corrected chi connectivity index (χ3v) is 2.96. The van der Waals surface area contributed by atoms with E-state index in [1.165, 1.54) is 18.2 Å². The van der Waals surface area contributed by atoms with Crippen molar-refractivity contribution >= 4 is 5.91 Å². The van der Waals surface area contributed by atoms with Crippen molar-refractivity contribution in [2.75, 3.05) is 13.2 Å². The van der Waals surface area contributed by atoms with Crippen LogP contribution in [0.15, 0.2) is 24.3 Å². The number of nitrogens with two attached hydrogens (primary N) is 1. The summed E-state index contributed by atoms with van der Waals surface area (Å²) in [6.07, 6.45) is 0. The van der Waals surface area contributed by atoms with Crippen molar-refractivity contribution in [1.82, 2.24) is 0 Å². The molecule has 2 atom stereocenters. The van der Waals surface area contributed by atoms with Crippen LogP contribution in [0.5, 0.6) is 5.75 Å². The Balaban J connectivity index is 3.05. The molecule has 0 heterocycles. The molecule has 1 aromatic carbocycles. The minimum atomic E-state index is -3.09. The van der Waals surface area contributed by atoms with Crippen molar-refractivity contribution in [1.29, 1.82) is 0 Å². The summed E-state index contributed by atoms with van der Waals surface area (Å²) < 4.78 is 57.2. The lowest BCUT2D eigenvalue weighted by Gasteiger charge is -2.24. The van der Waals surface area contributed by atoms with Gasteiger partial charge >= 0.3 is 13.2 Å². The fraction of sp³-hybridized carbons (Fsp3) is 0.462. The molecule has 1 unspecified atom stereocenters. The highest BCUT2D eigenvalue weighted by Crippen LogP contribution is 2.29. The number of ether oxygens (including phenoxy) is 2. The maximum Gasteiger partial charge on any atom is 0.387 e. The summed E-state index contributed by atoms with van der Waals surface area (Å²) in [6.45, 7) is -7.47. The summed E-state index contributed by atoms with van der Waals surface area (Å²) in [4.78, 5) is 11.3. The smallest absolute Gasteiger partial charge is 0.387 e. The number of halogens is 4. The summed E-state index contributed by atoms with van der Waals surface area (Å²) in [6, 6.07) is 5.14. The number of carbonyl (C=O) groups is 1. The summed E-state index contributed by atoms with van der Waals surface area (Å²) >= 11 is 0. The van der Waals surface area contributed by atoms with Gasteiger partial charge in [0, 0.05) is 5.92 Å². The number of amides is 1. The molecule has 22 heavy (non-hydrogen) atoms. The van der Waals surface area contributed by atoms with E-state index < -0.39 is 44.2 Å². The molecular weight excluding hydrogens is 310 g/mol. The van der Waals surface area contributed by atoms with Crippen molar-refractivity contribution in [3.8, 4) is 5.75 Å². The van der Waals surface area contributed by atoms with Crippen LogP contribution >= 0.6 is 0 Å². The standard InChI is InChI=1S/C13H15F4NO4/c14-12(15)21-6-10(9(5-19)11(18)20)7-2-1-3-8(4-7)22-13(16)17/h1-4,9-10,12-13,19H,5-6H2,(H2,18,20)/t9?,10-/m0/s1. The molecule has 1 aromatic rings. The van der Waals surface area contributed by atoms with Crippen molar-refractivity contribution in [3.63, 3.8) is 0 Å². The van der Waals surface area contributed by atoms with Crippen molar-refractivity contribution in [3.05, 3.63) is 29.8 Å². The zero-order chi connectivity index (χ0) is 16.7. The van der Waals surface area contributed by atoms with Crippen LogP contribution in [-0.2, 0) is 9.53 Å². The van der Waals surface area contributed by atoms with Gasteiger partial charge in [-0.05, 0) is 17.7 Å². The fourth-order valence-corrected chi connectivity index (χ4v) is 1.96. The number of hydrogen-bond donors (Lipinski definition) is 2. The van der Waals surface area contributed by atoms with Gasteiger partial charge in [0.05, 0.1) is 19.1 Å². The molecule has 1 rings (SSSR count). The zero-order valence-corrected chi connectivity index (χ0v) is 11.3. The molecule has 9 heteroatoms. The van der Waals surface area contributed by atoms with Crippen LogP contribution in [-0.4, -0.2) is 37.5 Å². The Morgan fingerprint density at radius 1 is 1.23 bits per heavy atom. The molecule has 0 fully saturated rings. The van der Waals surface area contributed by atoms with Crippen molar-refractivity contribution < 1.29 is 36.9 Å². The van der Waals surface area contributed by atoms with E-state index >= 15 is 0 Å². The van der Waals surface area contributed by atoms with Gasteiger partial charge in [0.2, 0.25) is 5.91 Å². The highest BCUT2D eigenvalue weighted by molar-refractivity contribution is 5.78. The molecule has 3 N–H and O–H groups in total. The second kappa shape index (κ2) is 8.54. The van der Waals surface area contributed by atoms with Crippen LogP contribution in [0, 0.1) is 5.92 Å². The van der Waals surface area contributed by atoms with Gasteiger partial charge in [-0.15, -0.1) is 0 Å². The molecule has 124 valence electrons. The predicted octanol–water partition coefficient (Wildman–Crippen LogP) is 1.70. The van der Waals surface area contributed by atoms with Crippen LogP contribution < -0.4 is 10.5 Å². The lowest BCUT2D eigenvalue weighted by molar-refractivity contribution is -0.142. The third kappa shape index (κ3) is 5.49. The van der Waals surface area contributed by atoms with Crippen LogP contribution in [0.1, 0.15) is 11.5 Å². The Morgan fingerprint density at radius 2 is 1.91 bits per heavy atom. The van der Waals surface area contributed by atoms with Crippen molar-refractivity contribution in [2.24, 2.45) is 11.7 Å². The van der Waals surface area contributed by atoms with Crippen molar-refractivity contribution in [2.45, 2.75) is 19.1 Å². The Bertz CT molecular complexity index is 487. The zero-order valence-electron chi connectivity index (χ0n) is 11.3. The van der Waals surface area contributed by atoms with Gasteiger partial charge in [-0.25, -0.2) is 0 Å². The van der Waals surface area contributed by atoms with Crippen LogP contribution in [0.3, 0.4) is 0 Å². The average Bonchev–Trinajstić information content (AvgIpc) is 2.42. The van der Waals surface area contributed by atoms with E-state index in [2.05, 4.69) is 9.47 Å². The van der Waals surface area contributed by atoms with Gasteiger partial charge in [0.15, 0.2) is 0 Å². The van der Waals surface area contributed by atoms with Gasteiger partial charge in [-0.1, -0.05) is 12.1 Å². The number of rotatable bonds is 9. The lowest BCUT2D eigenvalue weighted by atomic mass is 9.86. The van der Waals surface area contributed by atoms with Crippen LogP contribution in [0.4, 0.5) is 17.6 Å². The SMILES string of the molecule is NC(=O)C(CO)[C@@H](COC(F)F)c1cccc(OC(F)F)c1. The molecular formula is C13H15F4NO4. The highest BCUT2D eigenvalue weighted by Gasteiger charge is 2.29. The predicted molar refractivity (Wildman–Crippen MR) is 67.5 cm³/mol. The first-order chi connectivity index (χ1) is 10.3. The second-order valence-electron chi connectivity index (χ2n) is 4.34. The van der Waals surface area contributed by atoms with E-state index in [-0.39, 0.29) is 11.3 Å². The van der Waals surface area contributed by atoms with Gasteiger partial charge in [-0.2, -0.15) is 17.6 Å². The number of primary amides is 1. The first kappa shape index (κ1) is 18.2. The topological polar surface area (TPSA) is 81.8 Å². The van der Waals surface area contributed by atoms with Gasteiger partial charge in [0.1, 0.15) is 5.75 Å². The highest BCUT2D eigenvalue weighted by atomic mass is 19.3. The summed E-state index contributed by atoms with van der Waals surface area (Å²) in [7, 11) is 0. The number of aliphatic hydroxyl groups excluding tert-OH is 1. The normalized spacial score (nSPS) is 14.1. The fourth-order valence-electron chi connectivity index (χ4n) is 1.96. The second-order valence-corrected chi connectivity index (χ2v) is 4.34. The first-order valence-electron chi connectivity index (χ1n) is 6.19. The molecule has 0 aromatic heterocycles. The quantitative estimate of drug-likeness (QED) is 0.677. The lowest BCUT2D eigenvalue weighted by Crippen LogP contribution is -2.34. The van der Waals surface area contributed by atoms with Crippen LogP contribution in [0.25, 0.3) is 0 Å². The van der Waals surface area contributed by atoms with Gasteiger partial charge in [0.25, 0.3) is 0 Å². The van der Waals surface area contributed by atoms with E-state index in [1.54, 1.807) is 0 Å². The van der Waals surface area contributed by atoms with E-state index in [4.69, 9.17) is 5.73 Å². The van der Waals surface area contributed by atoms with Gasteiger partial charge in [-0.3, -0.25) is 4.79 Å². The summed E-state index contributed by atoms with van der Waals surface area (Å²) in [5, 5.41) is 9.21. The largest absolute Gasteiger partial charge is 0.435 e. The first-order valence-corrected chi connectivity index (χ1v) is 6.19. The minimum absolute atomic E-state index is 0.205. The number of aliphatic hydroxyl groups is 1. The molecule has 0 saturated heterocycles. The van der Waals surface area contributed by atoms with Gasteiger partial charge < -0.3 is 20.3 Å². The molecule has 0 radical (unpaired) electrons. The maximum atomic E-state index is 12.2. The van der Waals surface area contributed by atoms with E-state index in [9.17, 15) is 27.5 Å². The Labute approximate surface area is 123 Å². The molecule has 0 spiro atoms. The van der Waals surface area contributed by atoms with E-state index in [0.29, 0.717) is 0 Å².